The molecule has 194 valence electrons. The summed E-state index contributed by atoms with van der Waals surface area (Å²) >= 11 is 0. The molecule has 0 saturated heterocycles. The molecule has 0 rings (SSSR count). The van der Waals surface area contributed by atoms with E-state index in [0.29, 0.717) is 65.3 Å². The van der Waals surface area contributed by atoms with Gasteiger partial charge in [0.05, 0.1) is 52.4 Å². The first-order chi connectivity index (χ1) is 11.6. The Kier molecular flexibility index (Phi) is 53.2. The van der Waals surface area contributed by atoms with E-state index in [1.807, 2.05) is 0 Å². The van der Waals surface area contributed by atoms with Gasteiger partial charge in [-0.25, -0.2) is 0 Å². The number of aliphatic hydroxyl groups excluding tert-OH is 1. The van der Waals surface area contributed by atoms with Crippen LogP contribution in [0, 0.1) is 0 Å². The van der Waals surface area contributed by atoms with E-state index in [1.165, 1.54) is 0 Å². The minimum atomic E-state index is -2.87. The van der Waals surface area contributed by atoms with Crippen LogP contribution in [0.25, 0.3) is 0 Å². The Morgan fingerprint density at radius 1 is 0.633 bits per heavy atom. The molecular formula is C21H58O8Si. The highest BCUT2D eigenvalue weighted by atomic mass is 28.4. The van der Waals surface area contributed by atoms with Gasteiger partial charge in [0.15, 0.2) is 0 Å². The van der Waals surface area contributed by atoms with Crippen molar-refractivity contribution >= 4 is 8.80 Å². The lowest BCUT2D eigenvalue weighted by molar-refractivity contribution is 0.0107. The highest BCUT2D eigenvalue weighted by Gasteiger charge is 2.40. The maximum atomic E-state index is 9.21. The van der Waals surface area contributed by atoms with Gasteiger partial charge in [0.25, 0.3) is 0 Å². The molecule has 0 aliphatic carbocycles. The molecule has 0 spiro atoms. The topological polar surface area (TPSA) is 84.8 Å². The Morgan fingerprint density at radius 2 is 1.00 bits per heavy atom. The molecule has 1 atom stereocenters. The lowest BCUT2D eigenvalue weighted by Gasteiger charge is -2.29. The number of hydrogen-bond acceptors (Lipinski definition) is 8. The second-order valence-electron chi connectivity index (χ2n) is 5.23. The van der Waals surface area contributed by atoms with Crippen LogP contribution < -0.4 is 0 Å². The predicted octanol–water partition coefficient (Wildman–Crippen LogP) is 4.52. The molecule has 0 aromatic rings. The van der Waals surface area contributed by atoms with E-state index in [-0.39, 0.29) is 44.6 Å². The summed E-state index contributed by atoms with van der Waals surface area (Å²) in [5, 5.41) is 9.21. The van der Waals surface area contributed by atoms with E-state index in [4.69, 9.17) is 32.2 Å². The zero-order chi connectivity index (χ0) is 18.1. The molecule has 1 unspecified atom stereocenters. The van der Waals surface area contributed by atoms with Crippen molar-refractivity contribution in [2.45, 2.75) is 70.1 Å². The molecule has 8 nitrogen and oxygen atoms in total. The first-order valence-corrected chi connectivity index (χ1v) is 10.2. The second kappa shape index (κ2) is 33.5. The molecule has 0 fully saturated rings. The minimum Gasteiger partial charge on any atom is -0.391 e. The van der Waals surface area contributed by atoms with E-state index in [2.05, 4.69) is 0 Å². The lowest BCUT2D eigenvalue weighted by atomic mass is 10.4. The summed E-state index contributed by atoms with van der Waals surface area (Å²) in [6.07, 6.45) is 0.243. The fourth-order valence-electron chi connectivity index (χ4n) is 1.83. The summed E-state index contributed by atoms with van der Waals surface area (Å²) < 4.78 is 38.4. The zero-order valence-electron chi connectivity index (χ0n) is 15.5. The molecule has 0 aromatic carbocycles. The summed E-state index contributed by atoms with van der Waals surface area (Å²) in [6.45, 7) is 5.11. The normalized spacial score (nSPS) is 10.7. The van der Waals surface area contributed by atoms with Crippen LogP contribution in [0.3, 0.4) is 0 Å². The van der Waals surface area contributed by atoms with Crippen molar-refractivity contribution in [3.05, 3.63) is 0 Å². The lowest BCUT2D eigenvalue weighted by Crippen LogP contribution is -2.48. The molecule has 0 bridgehead atoms. The molecule has 30 heavy (non-hydrogen) atoms. The van der Waals surface area contributed by atoms with Gasteiger partial charge in [-0.05, 0) is 13.3 Å². The van der Waals surface area contributed by atoms with Crippen molar-refractivity contribution in [2.75, 3.05) is 74.2 Å². The molecule has 9 heteroatoms. The van der Waals surface area contributed by atoms with Crippen LogP contribution in [-0.2, 0) is 32.2 Å². The van der Waals surface area contributed by atoms with Crippen LogP contribution in [0.15, 0.2) is 0 Å². The molecule has 0 aliphatic heterocycles. The van der Waals surface area contributed by atoms with Gasteiger partial charge in [-0.15, -0.1) is 0 Å². The Morgan fingerprint density at radius 3 is 1.30 bits per heavy atom. The molecular weight excluding hydrogens is 408 g/mol. The van der Waals surface area contributed by atoms with Gasteiger partial charge in [0.2, 0.25) is 0 Å². The van der Waals surface area contributed by atoms with Crippen molar-refractivity contribution in [2.24, 2.45) is 0 Å². The standard InChI is InChI=1S/C15H34O8Si.6CH4/c1-15(16)14-20-6-5-13-24(21-10-7-17-2,22-11-8-18-3)23-12-9-19-4;;;;;;/h15-16H,5-14H2,1-4H3;6*1H4. The highest BCUT2D eigenvalue weighted by molar-refractivity contribution is 6.60. The van der Waals surface area contributed by atoms with E-state index in [9.17, 15) is 5.11 Å². The van der Waals surface area contributed by atoms with Gasteiger partial charge >= 0.3 is 8.80 Å². The van der Waals surface area contributed by atoms with Gasteiger partial charge in [-0.1, -0.05) is 44.6 Å². The summed E-state index contributed by atoms with van der Waals surface area (Å²) in [6, 6.07) is 0.615. The predicted molar refractivity (Wildman–Crippen MR) is 132 cm³/mol. The third kappa shape index (κ3) is 27.9. The van der Waals surface area contributed by atoms with Gasteiger partial charge < -0.3 is 37.3 Å². The number of methoxy groups -OCH3 is 3. The monoisotopic (exact) mass is 466 g/mol. The third-order valence-electron chi connectivity index (χ3n) is 2.96. The molecule has 0 aromatic heterocycles. The van der Waals surface area contributed by atoms with Crippen molar-refractivity contribution < 1.29 is 37.3 Å². The Bertz CT molecular complexity index is 245. The Labute approximate surface area is 190 Å². The number of ether oxygens (including phenoxy) is 4. The maximum Gasteiger partial charge on any atom is 0.501 e. The van der Waals surface area contributed by atoms with E-state index < -0.39 is 14.9 Å². The molecule has 0 amide bonds. The first kappa shape index (κ1) is 47.6. The van der Waals surface area contributed by atoms with Crippen LogP contribution in [0.5, 0.6) is 0 Å². The number of rotatable bonds is 18. The molecule has 1 N–H and O–H groups in total. The van der Waals surface area contributed by atoms with E-state index >= 15 is 0 Å². The highest BCUT2D eigenvalue weighted by Crippen LogP contribution is 2.18. The van der Waals surface area contributed by atoms with Crippen molar-refractivity contribution in [3.8, 4) is 0 Å². The quantitative estimate of drug-likeness (QED) is 0.233. The third-order valence-corrected chi connectivity index (χ3v) is 5.86. The number of aliphatic hydroxyl groups is 1. The SMILES string of the molecule is C.C.C.C.C.C.COCCO[Si](CCCOCC(C)O)(OCCOC)OCCOC. The summed E-state index contributed by atoms with van der Waals surface area (Å²) in [5.41, 5.74) is 0. The average Bonchev–Trinajstić information content (AvgIpc) is 2.55. The van der Waals surface area contributed by atoms with Crippen LogP contribution in [0.2, 0.25) is 6.04 Å². The van der Waals surface area contributed by atoms with E-state index in [1.54, 1.807) is 28.3 Å². The Balaban J connectivity index is -0.000000176. The molecule has 0 heterocycles. The van der Waals surface area contributed by atoms with Gasteiger partial charge in [-0.2, -0.15) is 0 Å². The summed E-state index contributed by atoms with van der Waals surface area (Å²) in [5.74, 6) is 0. The molecule has 0 saturated carbocycles. The average molecular weight is 467 g/mol. The second-order valence-corrected chi connectivity index (χ2v) is 7.97. The first-order valence-electron chi connectivity index (χ1n) is 8.24. The van der Waals surface area contributed by atoms with Crippen LogP contribution in [0.1, 0.15) is 57.9 Å². The van der Waals surface area contributed by atoms with Gasteiger partial charge in [0.1, 0.15) is 0 Å². The maximum absolute atomic E-state index is 9.21. The fourth-order valence-corrected chi connectivity index (χ4v) is 4.27. The van der Waals surface area contributed by atoms with E-state index in [0.717, 1.165) is 0 Å². The van der Waals surface area contributed by atoms with Crippen LogP contribution in [-0.4, -0.2) is 94.2 Å². The molecule has 0 aliphatic rings. The van der Waals surface area contributed by atoms with Gasteiger partial charge in [0, 0.05) is 34.0 Å². The smallest absolute Gasteiger partial charge is 0.391 e. The van der Waals surface area contributed by atoms with Crippen LogP contribution in [0.4, 0.5) is 0 Å². The van der Waals surface area contributed by atoms with Crippen LogP contribution >= 0.6 is 0 Å². The van der Waals surface area contributed by atoms with Gasteiger partial charge in [-0.3, -0.25) is 0 Å². The van der Waals surface area contributed by atoms with Crippen molar-refractivity contribution in [1.29, 1.82) is 0 Å². The minimum absolute atomic E-state index is 0. The number of hydrogen-bond donors (Lipinski definition) is 1. The largest absolute Gasteiger partial charge is 0.501 e. The zero-order valence-corrected chi connectivity index (χ0v) is 16.5. The Hall–Kier alpha value is -0.103. The van der Waals surface area contributed by atoms with Crippen molar-refractivity contribution in [3.63, 3.8) is 0 Å². The fraction of sp³-hybridized carbons (Fsp3) is 1.00. The van der Waals surface area contributed by atoms with Crippen molar-refractivity contribution in [1.82, 2.24) is 0 Å². The molecule has 0 radical (unpaired) electrons. The summed E-state index contributed by atoms with van der Waals surface area (Å²) in [4.78, 5) is 0. The summed E-state index contributed by atoms with van der Waals surface area (Å²) in [7, 11) is 1.99.